The van der Waals surface area contributed by atoms with E-state index in [0.717, 1.165) is 31.6 Å². The van der Waals surface area contributed by atoms with Gasteiger partial charge in [0.05, 0.1) is 4.99 Å². The summed E-state index contributed by atoms with van der Waals surface area (Å²) in [6.07, 6.45) is 1.11. The van der Waals surface area contributed by atoms with Crippen LogP contribution in [0.25, 0.3) is 0 Å². The Morgan fingerprint density at radius 3 is 2.48 bits per heavy atom. The van der Waals surface area contributed by atoms with Gasteiger partial charge in [-0.1, -0.05) is 56.4 Å². The van der Waals surface area contributed by atoms with Gasteiger partial charge in [0, 0.05) is 13.1 Å². The van der Waals surface area contributed by atoms with Crippen molar-refractivity contribution in [3.8, 4) is 0 Å². The smallest absolute Gasteiger partial charge is 0.234 e. The number of carbonyl (C=O) groups is 1. The third-order valence-electron chi connectivity index (χ3n) is 3.39. The maximum Gasteiger partial charge on any atom is 0.234 e. The maximum absolute atomic E-state index is 12.3. The minimum atomic E-state index is -0.553. The van der Waals surface area contributed by atoms with E-state index in [-0.39, 0.29) is 10.9 Å². The van der Waals surface area contributed by atoms with E-state index in [4.69, 9.17) is 18.0 Å². The first-order valence-electron chi connectivity index (χ1n) is 7.44. The van der Waals surface area contributed by atoms with Crippen LogP contribution in [0.2, 0.25) is 0 Å². The van der Waals surface area contributed by atoms with Gasteiger partial charge in [-0.15, -0.1) is 0 Å². The molecule has 0 fully saturated rings. The highest BCUT2D eigenvalue weighted by atomic mass is 32.1. The molecular formula is C16H25N3OS. The average molecular weight is 307 g/mol. The van der Waals surface area contributed by atoms with Crippen LogP contribution in [0.3, 0.4) is 0 Å². The Kier molecular flexibility index (Phi) is 7.93. The zero-order chi connectivity index (χ0) is 15.7. The Balaban J connectivity index is 2.57. The Hall–Kier alpha value is -1.46. The standard InChI is InChI=1S/C16H25N3OS/c1-3-11-19(4-2)12-10-18-16(20)14(15(17)21)13-8-6-5-7-9-13/h5-9,14H,3-4,10-12H2,1-2H3,(H2,17,21)(H,18,20). The van der Waals surface area contributed by atoms with E-state index in [9.17, 15) is 4.79 Å². The Labute approximate surface area is 132 Å². The molecule has 116 valence electrons. The molecule has 0 radical (unpaired) electrons. The van der Waals surface area contributed by atoms with Gasteiger partial charge in [-0.05, 0) is 25.1 Å². The van der Waals surface area contributed by atoms with Crippen LogP contribution >= 0.6 is 12.2 Å². The lowest BCUT2D eigenvalue weighted by Gasteiger charge is -2.21. The number of nitrogens with zero attached hydrogens (tertiary/aromatic N) is 1. The monoisotopic (exact) mass is 307 g/mol. The molecule has 1 atom stereocenters. The van der Waals surface area contributed by atoms with E-state index in [2.05, 4.69) is 24.1 Å². The normalized spacial score (nSPS) is 12.1. The van der Waals surface area contributed by atoms with E-state index in [1.807, 2.05) is 30.3 Å². The molecule has 4 nitrogen and oxygen atoms in total. The van der Waals surface area contributed by atoms with E-state index in [1.54, 1.807) is 0 Å². The molecule has 0 aliphatic heterocycles. The van der Waals surface area contributed by atoms with Crippen LogP contribution in [0.4, 0.5) is 0 Å². The van der Waals surface area contributed by atoms with Gasteiger partial charge in [-0.2, -0.15) is 0 Å². The molecule has 5 heteroatoms. The highest BCUT2D eigenvalue weighted by Crippen LogP contribution is 2.16. The lowest BCUT2D eigenvalue weighted by Crippen LogP contribution is -2.40. The Morgan fingerprint density at radius 1 is 1.29 bits per heavy atom. The first-order valence-corrected chi connectivity index (χ1v) is 7.85. The quantitative estimate of drug-likeness (QED) is 0.684. The van der Waals surface area contributed by atoms with Crippen molar-refractivity contribution in [2.24, 2.45) is 5.73 Å². The SMILES string of the molecule is CCCN(CC)CCNC(=O)C(C(N)=S)c1ccccc1. The zero-order valence-electron chi connectivity index (χ0n) is 12.8. The molecule has 1 amide bonds. The third-order valence-corrected chi connectivity index (χ3v) is 3.63. The number of nitrogens with one attached hydrogen (secondary N) is 1. The second-order valence-corrected chi connectivity index (χ2v) is 5.44. The average Bonchev–Trinajstić information content (AvgIpc) is 2.47. The summed E-state index contributed by atoms with van der Waals surface area (Å²) < 4.78 is 0. The molecule has 0 bridgehead atoms. The molecule has 0 saturated heterocycles. The summed E-state index contributed by atoms with van der Waals surface area (Å²) >= 11 is 5.05. The Bertz CT molecular complexity index is 450. The fraction of sp³-hybridized carbons (Fsp3) is 0.500. The molecule has 0 saturated carbocycles. The lowest BCUT2D eigenvalue weighted by atomic mass is 9.98. The predicted molar refractivity (Wildman–Crippen MR) is 91.4 cm³/mol. The van der Waals surface area contributed by atoms with Crippen LogP contribution in [0.15, 0.2) is 30.3 Å². The number of hydrogen-bond donors (Lipinski definition) is 2. The summed E-state index contributed by atoms with van der Waals surface area (Å²) in [6, 6.07) is 9.42. The van der Waals surface area contributed by atoms with Crippen molar-refractivity contribution in [3.05, 3.63) is 35.9 Å². The fourth-order valence-electron chi connectivity index (χ4n) is 2.27. The number of likely N-dealkylation sites (N-methyl/N-ethyl adjacent to an activating group) is 1. The molecule has 0 spiro atoms. The van der Waals surface area contributed by atoms with Crippen molar-refractivity contribution < 1.29 is 4.79 Å². The van der Waals surface area contributed by atoms with Gasteiger partial charge in [0.2, 0.25) is 5.91 Å². The molecular weight excluding hydrogens is 282 g/mol. The summed E-state index contributed by atoms with van der Waals surface area (Å²) in [6.45, 7) is 7.76. The summed E-state index contributed by atoms with van der Waals surface area (Å²) in [5, 5.41) is 2.94. The van der Waals surface area contributed by atoms with Gasteiger partial charge < -0.3 is 16.0 Å². The van der Waals surface area contributed by atoms with Crippen LogP contribution in [-0.4, -0.2) is 42.0 Å². The van der Waals surface area contributed by atoms with Crippen LogP contribution in [-0.2, 0) is 4.79 Å². The third kappa shape index (κ3) is 5.81. The fourth-order valence-corrected chi connectivity index (χ4v) is 2.52. The molecule has 0 aromatic heterocycles. The summed E-state index contributed by atoms with van der Waals surface area (Å²) in [7, 11) is 0. The topological polar surface area (TPSA) is 58.4 Å². The van der Waals surface area contributed by atoms with Crippen molar-refractivity contribution in [3.63, 3.8) is 0 Å². The number of thiocarbonyl (C=S) groups is 1. The minimum absolute atomic E-state index is 0.124. The van der Waals surface area contributed by atoms with E-state index >= 15 is 0 Å². The lowest BCUT2D eigenvalue weighted by molar-refractivity contribution is -0.121. The zero-order valence-corrected chi connectivity index (χ0v) is 13.7. The molecule has 3 N–H and O–H groups in total. The number of nitrogens with two attached hydrogens (primary N) is 1. The second-order valence-electron chi connectivity index (χ2n) is 4.97. The first kappa shape index (κ1) is 17.6. The summed E-state index contributed by atoms with van der Waals surface area (Å²) in [4.78, 5) is 14.8. The van der Waals surface area contributed by atoms with Crippen LogP contribution in [0, 0.1) is 0 Å². The first-order chi connectivity index (χ1) is 10.1. The largest absolute Gasteiger partial charge is 0.392 e. The molecule has 0 aliphatic rings. The van der Waals surface area contributed by atoms with Crippen molar-refractivity contribution in [2.45, 2.75) is 26.2 Å². The Morgan fingerprint density at radius 2 is 1.95 bits per heavy atom. The summed E-state index contributed by atoms with van der Waals surface area (Å²) in [5.41, 5.74) is 6.57. The van der Waals surface area contributed by atoms with Gasteiger partial charge >= 0.3 is 0 Å². The van der Waals surface area contributed by atoms with Gasteiger partial charge in [0.1, 0.15) is 5.92 Å². The van der Waals surface area contributed by atoms with Gasteiger partial charge in [-0.25, -0.2) is 0 Å². The van der Waals surface area contributed by atoms with Gasteiger partial charge in [-0.3, -0.25) is 4.79 Å². The highest BCUT2D eigenvalue weighted by molar-refractivity contribution is 7.80. The van der Waals surface area contributed by atoms with Crippen LogP contribution in [0.1, 0.15) is 31.7 Å². The molecule has 1 rings (SSSR count). The number of rotatable bonds is 9. The van der Waals surface area contributed by atoms with Crippen molar-refractivity contribution in [2.75, 3.05) is 26.2 Å². The van der Waals surface area contributed by atoms with Gasteiger partial charge in [0.15, 0.2) is 0 Å². The molecule has 1 aromatic carbocycles. The van der Waals surface area contributed by atoms with Crippen LogP contribution in [0.5, 0.6) is 0 Å². The predicted octanol–water partition coefficient (Wildman–Crippen LogP) is 1.90. The minimum Gasteiger partial charge on any atom is -0.392 e. The molecule has 1 unspecified atom stereocenters. The second kappa shape index (κ2) is 9.47. The van der Waals surface area contributed by atoms with Crippen molar-refractivity contribution >= 4 is 23.1 Å². The van der Waals surface area contributed by atoms with Crippen LogP contribution < -0.4 is 11.1 Å². The van der Waals surface area contributed by atoms with E-state index in [0.29, 0.717) is 6.54 Å². The maximum atomic E-state index is 12.3. The number of carbonyl (C=O) groups excluding carboxylic acids is 1. The highest BCUT2D eigenvalue weighted by Gasteiger charge is 2.22. The van der Waals surface area contributed by atoms with E-state index < -0.39 is 5.92 Å². The summed E-state index contributed by atoms with van der Waals surface area (Å²) in [5.74, 6) is -0.677. The molecule has 0 heterocycles. The number of hydrogen-bond acceptors (Lipinski definition) is 3. The van der Waals surface area contributed by atoms with E-state index in [1.165, 1.54) is 0 Å². The molecule has 1 aromatic rings. The van der Waals surface area contributed by atoms with Gasteiger partial charge in [0.25, 0.3) is 0 Å². The van der Waals surface area contributed by atoms with Crippen molar-refractivity contribution in [1.29, 1.82) is 0 Å². The molecule has 21 heavy (non-hydrogen) atoms. The number of benzene rings is 1. The van der Waals surface area contributed by atoms with Crippen molar-refractivity contribution in [1.82, 2.24) is 10.2 Å². The number of amides is 1. The molecule has 0 aliphatic carbocycles.